The number of nitriles is 1. The zero-order valence-electron chi connectivity index (χ0n) is 11.4. The molecule has 20 heavy (non-hydrogen) atoms. The first-order valence-electron chi connectivity index (χ1n) is 6.92. The van der Waals surface area contributed by atoms with Gasteiger partial charge >= 0.3 is 0 Å². The zero-order chi connectivity index (χ0) is 14.3. The fourth-order valence-corrected chi connectivity index (χ4v) is 3.05. The zero-order valence-corrected chi connectivity index (χ0v) is 11.4. The highest BCUT2D eigenvalue weighted by molar-refractivity contribution is 5.94. The van der Waals surface area contributed by atoms with Gasteiger partial charge in [-0.2, -0.15) is 5.26 Å². The van der Waals surface area contributed by atoms with Gasteiger partial charge in [0.2, 0.25) is 0 Å². The second-order valence-corrected chi connectivity index (χ2v) is 5.90. The Morgan fingerprint density at radius 3 is 2.85 bits per heavy atom. The number of rotatable bonds is 2. The topological polar surface area (TPSA) is 77.2 Å². The van der Waals surface area contributed by atoms with E-state index in [4.69, 9.17) is 5.26 Å². The predicted molar refractivity (Wildman–Crippen MR) is 71.7 cm³/mol. The molecule has 2 fully saturated rings. The van der Waals surface area contributed by atoms with Gasteiger partial charge in [-0.3, -0.25) is 4.79 Å². The van der Waals surface area contributed by atoms with Crippen molar-refractivity contribution >= 4 is 5.91 Å². The van der Waals surface area contributed by atoms with Crippen molar-refractivity contribution in [3.05, 3.63) is 29.6 Å². The first kappa shape index (κ1) is 13.1. The normalized spacial score (nSPS) is 29.2. The first-order chi connectivity index (χ1) is 9.54. The molecule has 2 heterocycles. The van der Waals surface area contributed by atoms with Crippen LogP contribution < -0.4 is 0 Å². The summed E-state index contributed by atoms with van der Waals surface area (Å²) < 4.78 is 0. The van der Waals surface area contributed by atoms with Crippen LogP contribution in [0.5, 0.6) is 0 Å². The summed E-state index contributed by atoms with van der Waals surface area (Å²) in [5.74, 6) is 0.324. The highest BCUT2D eigenvalue weighted by Gasteiger charge is 2.53. The number of likely N-dealkylation sites (tertiary alicyclic amines) is 1. The van der Waals surface area contributed by atoms with Crippen LogP contribution in [0.25, 0.3) is 0 Å². The lowest BCUT2D eigenvalue weighted by Crippen LogP contribution is -2.40. The summed E-state index contributed by atoms with van der Waals surface area (Å²) in [7, 11) is 0. The van der Waals surface area contributed by atoms with E-state index < -0.39 is 5.60 Å². The maximum atomic E-state index is 12.4. The van der Waals surface area contributed by atoms with Gasteiger partial charge in [-0.05, 0) is 30.9 Å². The quantitative estimate of drug-likeness (QED) is 0.876. The van der Waals surface area contributed by atoms with Crippen LogP contribution in [-0.4, -0.2) is 39.6 Å². The third kappa shape index (κ3) is 2.06. The van der Waals surface area contributed by atoms with Gasteiger partial charge in [0.25, 0.3) is 5.91 Å². The molecular formula is C15H17N3O2. The van der Waals surface area contributed by atoms with Crippen molar-refractivity contribution in [1.82, 2.24) is 9.88 Å². The van der Waals surface area contributed by atoms with Gasteiger partial charge in [0, 0.05) is 18.7 Å². The lowest BCUT2D eigenvalue weighted by Gasteiger charge is -2.26. The molecule has 1 aliphatic heterocycles. The van der Waals surface area contributed by atoms with Gasteiger partial charge in [0.1, 0.15) is 11.8 Å². The smallest absolute Gasteiger partial charge is 0.255 e. The van der Waals surface area contributed by atoms with Crippen LogP contribution in [-0.2, 0) is 0 Å². The Bertz CT molecular complexity index is 574. The third-order valence-corrected chi connectivity index (χ3v) is 4.49. The predicted octanol–water partition coefficient (Wildman–Crippen LogP) is 1.19. The van der Waals surface area contributed by atoms with E-state index in [0.29, 0.717) is 30.3 Å². The molecule has 3 rings (SSSR count). The number of carbonyl (C=O) groups excluding carboxylic acids is 1. The molecule has 0 bridgehead atoms. The Labute approximate surface area is 117 Å². The second kappa shape index (κ2) is 4.57. The van der Waals surface area contributed by atoms with Crippen molar-refractivity contribution < 1.29 is 9.90 Å². The number of hydrogen-bond donors (Lipinski definition) is 1. The summed E-state index contributed by atoms with van der Waals surface area (Å²) in [6.07, 6.45) is 3.54. The fraction of sp³-hybridized carbons (Fsp3) is 0.533. The maximum absolute atomic E-state index is 12.4. The molecular weight excluding hydrogens is 254 g/mol. The van der Waals surface area contributed by atoms with Gasteiger partial charge in [0.05, 0.1) is 17.7 Å². The summed E-state index contributed by atoms with van der Waals surface area (Å²) in [6.45, 7) is 2.98. The molecule has 1 N–H and O–H groups in total. The average molecular weight is 271 g/mol. The first-order valence-corrected chi connectivity index (χ1v) is 6.92. The van der Waals surface area contributed by atoms with E-state index in [9.17, 15) is 9.90 Å². The van der Waals surface area contributed by atoms with E-state index in [1.165, 1.54) is 6.20 Å². The van der Waals surface area contributed by atoms with Crippen molar-refractivity contribution in [2.45, 2.75) is 25.4 Å². The van der Waals surface area contributed by atoms with Crippen molar-refractivity contribution in [2.75, 3.05) is 13.1 Å². The number of hydrogen-bond acceptors (Lipinski definition) is 4. The van der Waals surface area contributed by atoms with Crippen molar-refractivity contribution in [3.63, 3.8) is 0 Å². The molecule has 1 amide bonds. The number of carbonyl (C=O) groups is 1. The van der Waals surface area contributed by atoms with Crippen LogP contribution in [0.1, 0.15) is 35.8 Å². The minimum Gasteiger partial charge on any atom is -0.387 e. The summed E-state index contributed by atoms with van der Waals surface area (Å²) in [5.41, 5.74) is 0.0393. The van der Waals surface area contributed by atoms with E-state index in [2.05, 4.69) is 4.98 Å². The standard InChI is InChI=1S/C15H17N3O2/c1-10-8-18(9-15(10,20)12-3-4-12)14(19)11-2-5-13(6-16)17-7-11/h2,5,7,10,12,20H,3-4,8-9H2,1H3/t10-,15+/m1/s1. The third-order valence-electron chi connectivity index (χ3n) is 4.49. The molecule has 2 atom stereocenters. The minimum atomic E-state index is -0.727. The maximum Gasteiger partial charge on any atom is 0.255 e. The van der Waals surface area contributed by atoms with Gasteiger partial charge in [0.15, 0.2) is 0 Å². The van der Waals surface area contributed by atoms with E-state index in [0.717, 1.165) is 12.8 Å². The number of nitrogens with zero attached hydrogens (tertiary/aromatic N) is 3. The van der Waals surface area contributed by atoms with Crippen LogP contribution >= 0.6 is 0 Å². The lowest BCUT2D eigenvalue weighted by atomic mass is 9.88. The molecule has 1 aliphatic carbocycles. The van der Waals surface area contributed by atoms with Crippen molar-refractivity contribution in [3.8, 4) is 6.07 Å². The molecule has 104 valence electrons. The van der Waals surface area contributed by atoms with Crippen LogP contribution in [0.4, 0.5) is 0 Å². The molecule has 5 nitrogen and oxygen atoms in total. The molecule has 1 aromatic heterocycles. The summed E-state index contributed by atoms with van der Waals surface area (Å²) in [5, 5.41) is 19.4. The molecule has 1 saturated heterocycles. The Hall–Kier alpha value is -1.93. The molecule has 0 unspecified atom stereocenters. The Balaban J connectivity index is 1.76. The summed E-state index contributed by atoms with van der Waals surface area (Å²) in [6, 6.07) is 5.09. The van der Waals surface area contributed by atoms with E-state index in [1.807, 2.05) is 13.0 Å². The summed E-state index contributed by atoms with van der Waals surface area (Å²) in [4.78, 5) is 18.0. The van der Waals surface area contributed by atoms with Crippen LogP contribution in [0.3, 0.4) is 0 Å². The summed E-state index contributed by atoms with van der Waals surface area (Å²) >= 11 is 0. The van der Waals surface area contributed by atoms with Gasteiger partial charge in [-0.15, -0.1) is 0 Å². The van der Waals surface area contributed by atoms with Crippen LogP contribution in [0.15, 0.2) is 18.3 Å². The highest BCUT2D eigenvalue weighted by Crippen LogP contribution is 2.47. The Morgan fingerprint density at radius 1 is 1.55 bits per heavy atom. The molecule has 5 heteroatoms. The monoisotopic (exact) mass is 271 g/mol. The number of aliphatic hydroxyl groups is 1. The van der Waals surface area contributed by atoms with Crippen LogP contribution in [0, 0.1) is 23.2 Å². The largest absolute Gasteiger partial charge is 0.387 e. The van der Waals surface area contributed by atoms with E-state index in [-0.39, 0.29) is 11.8 Å². The minimum absolute atomic E-state index is 0.102. The van der Waals surface area contributed by atoms with Crippen molar-refractivity contribution in [2.24, 2.45) is 11.8 Å². The molecule has 0 spiro atoms. The van der Waals surface area contributed by atoms with Gasteiger partial charge in [-0.1, -0.05) is 6.92 Å². The van der Waals surface area contributed by atoms with Crippen LogP contribution in [0.2, 0.25) is 0 Å². The number of amides is 1. The Morgan fingerprint density at radius 2 is 2.30 bits per heavy atom. The van der Waals surface area contributed by atoms with Crippen molar-refractivity contribution in [1.29, 1.82) is 5.26 Å². The molecule has 1 aromatic rings. The number of pyridine rings is 1. The van der Waals surface area contributed by atoms with Gasteiger partial charge in [-0.25, -0.2) is 4.98 Å². The lowest BCUT2D eigenvalue weighted by molar-refractivity contribution is -0.00364. The SMILES string of the molecule is C[C@@H]1CN(C(=O)c2ccc(C#N)nc2)C[C@@]1(O)C1CC1. The Kier molecular flexibility index (Phi) is 2.98. The fourth-order valence-electron chi connectivity index (χ4n) is 3.05. The molecule has 2 aliphatic rings. The van der Waals surface area contributed by atoms with E-state index >= 15 is 0 Å². The highest BCUT2D eigenvalue weighted by atomic mass is 16.3. The molecule has 0 radical (unpaired) electrons. The molecule has 1 saturated carbocycles. The van der Waals surface area contributed by atoms with Gasteiger partial charge < -0.3 is 10.0 Å². The van der Waals surface area contributed by atoms with E-state index in [1.54, 1.807) is 17.0 Å². The number of β-amino-alcohol motifs (C(OH)–C–C–N with tert-alkyl or cyclic N) is 1. The second-order valence-electron chi connectivity index (χ2n) is 5.90. The number of aromatic nitrogens is 1. The average Bonchev–Trinajstić information content (AvgIpc) is 3.26. The molecule has 0 aromatic carbocycles.